The molecule has 0 radical (unpaired) electrons. The number of nitrogens with one attached hydrogen (secondary N) is 1. The average Bonchev–Trinajstić information content (AvgIpc) is 2.39. The lowest BCUT2D eigenvalue weighted by atomic mass is 9.90. The molecule has 0 aliphatic rings. The Balaban J connectivity index is -0.000000249. The predicted molar refractivity (Wildman–Crippen MR) is 78.4 cm³/mol. The molecule has 1 amide bonds. The number of Topliss-reactive ketones (excluding diaryl/α,β-unsaturated/α-hetero) is 1. The Morgan fingerprint density at radius 1 is 1.16 bits per heavy atom. The molecule has 1 N–H and O–H groups in total. The number of amides is 1. The molecule has 5 nitrogen and oxygen atoms in total. The molecule has 0 aromatic rings. The zero-order chi connectivity index (χ0) is 15.9. The average molecular weight is 277 g/mol. The van der Waals surface area contributed by atoms with E-state index in [1.54, 1.807) is 6.92 Å². The van der Waals surface area contributed by atoms with Crippen molar-refractivity contribution < 1.29 is 19.1 Å². The minimum atomic E-state index is -0.373. The van der Waals surface area contributed by atoms with Crippen molar-refractivity contribution in [3.63, 3.8) is 0 Å². The molecular formula is C14H31NO4. The van der Waals surface area contributed by atoms with Crippen molar-refractivity contribution in [2.45, 2.75) is 48.5 Å². The zero-order valence-electron chi connectivity index (χ0n) is 13.8. The Morgan fingerprint density at radius 2 is 1.63 bits per heavy atom. The number of alkyl carbamates (subject to hydrolysis) is 1. The van der Waals surface area contributed by atoms with Gasteiger partial charge in [-0.2, -0.15) is 0 Å². The lowest BCUT2D eigenvalue weighted by Crippen LogP contribution is -2.27. The van der Waals surface area contributed by atoms with Crippen LogP contribution in [0, 0.1) is 5.41 Å². The monoisotopic (exact) mass is 277 g/mol. The third kappa shape index (κ3) is 16.9. The first-order chi connectivity index (χ1) is 8.81. The van der Waals surface area contributed by atoms with Gasteiger partial charge in [0.2, 0.25) is 0 Å². The van der Waals surface area contributed by atoms with Crippen molar-refractivity contribution >= 4 is 11.9 Å². The van der Waals surface area contributed by atoms with Gasteiger partial charge < -0.3 is 14.8 Å². The minimum absolute atomic E-state index is 0.181. The normalized spacial score (nSPS) is 9.26. The first-order valence-corrected chi connectivity index (χ1v) is 6.72. The van der Waals surface area contributed by atoms with Crippen LogP contribution in [0.4, 0.5) is 4.79 Å². The molecule has 0 fully saturated rings. The topological polar surface area (TPSA) is 64.6 Å². The van der Waals surface area contributed by atoms with Gasteiger partial charge in [-0.25, -0.2) is 4.79 Å². The van der Waals surface area contributed by atoms with Crippen LogP contribution in [0.2, 0.25) is 0 Å². The van der Waals surface area contributed by atoms with Gasteiger partial charge in [0.15, 0.2) is 0 Å². The maximum absolute atomic E-state index is 10.9. The summed E-state index contributed by atoms with van der Waals surface area (Å²) < 4.78 is 9.38. The summed E-state index contributed by atoms with van der Waals surface area (Å²) in [5.41, 5.74) is -0.310. The molecular weight excluding hydrogens is 246 g/mol. The molecule has 0 spiro atoms. The molecule has 5 heteroatoms. The van der Waals surface area contributed by atoms with Gasteiger partial charge in [0.05, 0.1) is 13.7 Å². The summed E-state index contributed by atoms with van der Waals surface area (Å²) >= 11 is 0. The van der Waals surface area contributed by atoms with Gasteiger partial charge in [0.25, 0.3) is 0 Å². The van der Waals surface area contributed by atoms with Crippen LogP contribution in [0.1, 0.15) is 48.5 Å². The molecule has 0 aliphatic carbocycles. The highest BCUT2D eigenvalue weighted by Gasteiger charge is 2.23. The molecule has 0 unspecified atom stereocenters. The highest BCUT2D eigenvalue weighted by atomic mass is 16.5. The summed E-state index contributed by atoms with van der Waals surface area (Å²) in [7, 11) is 1.34. The van der Waals surface area contributed by atoms with E-state index < -0.39 is 0 Å². The second-order valence-corrected chi connectivity index (χ2v) is 4.10. The van der Waals surface area contributed by atoms with Gasteiger partial charge in [0, 0.05) is 18.6 Å². The zero-order valence-corrected chi connectivity index (χ0v) is 13.8. The Hall–Kier alpha value is -1.10. The first-order valence-electron chi connectivity index (χ1n) is 6.72. The van der Waals surface area contributed by atoms with Crippen LogP contribution in [0.5, 0.6) is 0 Å². The van der Waals surface area contributed by atoms with Gasteiger partial charge in [-0.3, -0.25) is 4.79 Å². The molecule has 116 valence electrons. The van der Waals surface area contributed by atoms with Gasteiger partial charge in [0.1, 0.15) is 5.78 Å². The van der Waals surface area contributed by atoms with E-state index in [1.807, 2.05) is 41.5 Å². The van der Waals surface area contributed by atoms with Crippen molar-refractivity contribution in [1.29, 1.82) is 0 Å². The number of methoxy groups -OCH3 is 1. The van der Waals surface area contributed by atoms with Crippen molar-refractivity contribution in [1.82, 2.24) is 5.32 Å². The van der Waals surface area contributed by atoms with Crippen LogP contribution in [0.3, 0.4) is 0 Å². The Kier molecular flexibility index (Phi) is 18.1. The van der Waals surface area contributed by atoms with E-state index in [0.29, 0.717) is 19.8 Å². The Bertz CT molecular complexity index is 227. The third-order valence-electron chi connectivity index (χ3n) is 2.13. The molecule has 0 saturated heterocycles. The number of ketones is 1. The standard InChI is InChI=1S/C8H16O2.C4H9NO2.C2H6/c1-5-10-6-8(3,4)7(2)9;1-3-5-4(6)7-2;1-2/h5-6H2,1-4H3;3H2,1-2H3,(H,5,6);1-2H3. The fourth-order valence-corrected chi connectivity index (χ4v) is 0.675. The molecule has 0 bridgehead atoms. The smallest absolute Gasteiger partial charge is 0.406 e. The second kappa shape index (κ2) is 15.0. The third-order valence-corrected chi connectivity index (χ3v) is 2.13. The summed E-state index contributed by atoms with van der Waals surface area (Å²) in [5.74, 6) is 0.181. The summed E-state index contributed by atoms with van der Waals surface area (Å²) in [6.07, 6.45) is -0.373. The van der Waals surface area contributed by atoms with Crippen molar-refractivity contribution in [2.24, 2.45) is 5.41 Å². The van der Waals surface area contributed by atoms with Crippen LogP contribution < -0.4 is 5.32 Å². The molecule has 19 heavy (non-hydrogen) atoms. The Morgan fingerprint density at radius 3 is 1.84 bits per heavy atom. The fourth-order valence-electron chi connectivity index (χ4n) is 0.675. The van der Waals surface area contributed by atoms with Crippen molar-refractivity contribution in [2.75, 3.05) is 26.9 Å². The van der Waals surface area contributed by atoms with Crippen molar-refractivity contribution in [3.05, 3.63) is 0 Å². The number of hydrogen-bond acceptors (Lipinski definition) is 4. The lowest BCUT2D eigenvalue weighted by molar-refractivity contribution is -0.127. The van der Waals surface area contributed by atoms with E-state index in [-0.39, 0.29) is 17.3 Å². The molecule has 0 aromatic heterocycles. The molecule has 0 saturated carbocycles. The van der Waals surface area contributed by atoms with E-state index in [1.165, 1.54) is 7.11 Å². The highest BCUT2D eigenvalue weighted by molar-refractivity contribution is 5.81. The van der Waals surface area contributed by atoms with Crippen LogP contribution in [-0.4, -0.2) is 38.7 Å². The van der Waals surface area contributed by atoms with Gasteiger partial charge in [-0.05, 0) is 20.8 Å². The van der Waals surface area contributed by atoms with Crippen molar-refractivity contribution in [3.8, 4) is 0 Å². The molecule has 0 rings (SSSR count). The number of carbonyl (C=O) groups is 2. The van der Waals surface area contributed by atoms with Gasteiger partial charge >= 0.3 is 6.09 Å². The van der Waals surface area contributed by atoms with Crippen LogP contribution in [-0.2, 0) is 14.3 Å². The van der Waals surface area contributed by atoms with E-state index in [2.05, 4.69) is 10.1 Å². The lowest BCUT2D eigenvalue weighted by Gasteiger charge is -2.19. The maximum Gasteiger partial charge on any atom is 0.406 e. The predicted octanol–water partition coefficient (Wildman–Crippen LogP) is 3.03. The molecule has 0 aromatic carbocycles. The number of ether oxygens (including phenoxy) is 2. The minimum Gasteiger partial charge on any atom is -0.453 e. The van der Waals surface area contributed by atoms with E-state index in [0.717, 1.165) is 0 Å². The first kappa shape index (κ1) is 23.0. The van der Waals surface area contributed by atoms with E-state index >= 15 is 0 Å². The number of rotatable bonds is 5. The van der Waals surface area contributed by atoms with E-state index in [4.69, 9.17) is 4.74 Å². The summed E-state index contributed by atoms with van der Waals surface area (Å²) in [5, 5.41) is 2.43. The van der Waals surface area contributed by atoms with Crippen LogP contribution >= 0.6 is 0 Å². The quantitative estimate of drug-likeness (QED) is 0.839. The van der Waals surface area contributed by atoms with Gasteiger partial charge in [-0.15, -0.1) is 0 Å². The molecule has 0 atom stereocenters. The number of carbonyl (C=O) groups excluding carboxylic acids is 2. The SMILES string of the molecule is CC.CCNC(=O)OC.CCOCC(C)(C)C(C)=O. The fraction of sp³-hybridized carbons (Fsp3) is 0.857. The van der Waals surface area contributed by atoms with Crippen LogP contribution in [0.15, 0.2) is 0 Å². The molecule has 0 heterocycles. The largest absolute Gasteiger partial charge is 0.453 e. The summed E-state index contributed by atoms with van der Waals surface area (Å²) in [6, 6.07) is 0. The maximum atomic E-state index is 10.9. The van der Waals surface area contributed by atoms with E-state index in [9.17, 15) is 9.59 Å². The van der Waals surface area contributed by atoms with Crippen LogP contribution in [0.25, 0.3) is 0 Å². The highest BCUT2D eigenvalue weighted by Crippen LogP contribution is 2.15. The summed E-state index contributed by atoms with van der Waals surface area (Å²) in [4.78, 5) is 21.0. The van der Waals surface area contributed by atoms with Gasteiger partial charge in [-0.1, -0.05) is 27.7 Å². The molecule has 0 aliphatic heterocycles. The summed E-state index contributed by atoms with van der Waals surface area (Å²) in [6.45, 7) is 15.0. The Labute approximate surface area is 118 Å². The number of hydrogen-bond donors (Lipinski definition) is 1. The second-order valence-electron chi connectivity index (χ2n) is 4.10.